The summed E-state index contributed by atoms with van der Waals surface area (Å²) < 4.78 is 0. The Morgan fingerprint density at radius 1 is 1.38 bits per heavy atom. The fourth-order valence-corrected chi connectivity index (χ4v) is 1.12. The van der Waals surface area contributed by atoms with Crippen LogP contribution in [0.1, 0.15) is 5.69 Å². The van der Waals surface area contributed by atoms with Crippen LogP contribution in [0.2, 0.25) is 0 Å². The van der Waals surface area contributed by atoms with Crippen molar-refractivity contribution in [3.05, 3.63) is 30.2 Å². The lowest BCUT2D eigenvalue weighted by Gasteiger charge is -1.96. The molecule has 0 fully saturated rings. The molecule has 0 saturated carbocycles. The first-order chi connectivity index (χ1) is 6.25. The van der Waals surface area contributed by atoms with Gasteiger partial charge in [0.2, 0.25) is 0 Å². The number of imidazole rings is 1. The molecule has 13 heavy (non-hydrogen) atoms. The maximum absolute atomic E-state index is 5.62. The maximum atomic E-state index is 5.62. The van der Waals surface area contributed by atoms with Gasteiger partial charge in [0, 0.05) is 18.1 Å². The van der Waals surface area contributed by atoms with Gasteiger partial charge in [-0.3, -0.25) is 4.98 Å². The molecule has 4 heteroatoms. The number of aryl methyl sites for hydroxylation is 1. The molecule has 2 rings (SSSR count). The van der Waals surface area contributed by atoms with E-state index in [1.165, 1.54) is 0 Å². The molecule has 2 aromatic heterocycles. The Bertz CT molecular complexity index is 422. The number of aromatic nitrogens is 3. The van der Waals surface area contributed by atoms with Gasteiger partial charge in [0.25, 0.3) is 0 Å². The van der Waals surface area contributed by atoms with Gasteiger partial charge in [0.05, 0.1) is 0 Å². The van der Waals surface area contributed by atoms with Crippen LogP contribution in [0.4, 0.5) is 0 Å². The second-order valence-electron chi connectivity index (χ2n) is 2.89. The molecule has 0 aromatic carbocycles. The molecule has 2 aromatic rings. The van der Waals surface area contributed by atoms with E-state index in [2.05, 4.69) is 15.0 Å². The number of nitrogens with zero attached hydrogens (tertiary/aromatic N) is 2. The molecular formula is C9H8BN3. The number of rotatable bonds is 1. The molecule has 0 aliphatic heterocycles. The minimum absolute atomic E-state index is 0.694. The predicted octanol–water partition coefficient (Wildman–Crippen LogP) is 0.574. The van der Waals surface area contributed by atoms with E-state index in [4.69, 9.17) is 7.85 Å². The topological polar surface area (TPSA) is 41.6 Å². The molecule has 0 aliphatic rings. The first-order valence-corrected chi connectivity index (χ1v) is 3.99. The van der Waals surface area contributed by atoms with Gasteiger partial charge in [-0.15, -0.1) is 0 Å². The largest absolute Gasteiger partial charge is 0.341 e. The zero-order valence-corrected chi connectivity index (χ0v) is 7.28. The summed E-state index contributed by atoms with van der Waals surface area (Å²) >= 11 is 0. The molecule has 0 spiro atoms. The third-order valence-electron chi connectivity index (χ3n) is 1.73. The van der Waals surface area contributed by atoms with Gasteiger partial charge < -0.3 is 4.98 Å². The number of pyridine rings is 1. The molecule has 2 radical (unpaired) electrons. The number of hydrogen-bond acceptors (Lipinski definition) is 2. The highest BCUT2D eigenvalue weighted by molar-refractivity contribution is 6.32. The van der Waals surface area contributed by atoms with Crippen molar-refractivity contribution in [1.82, 2.24) is 15.0 Å². The molecule has 0 bridgehead atoms. The van der Waals surface area contributed by atoms with Crippen molar-refractivity contribution in [2.24, 2.45) is 0 Å². The number of nitrogens with one attached hydrogen (secondary N) is 1. The van der Waals surface area contributed by atoms with Crippen LogP contribution in [0.25, 0.3) is 11.5 Å². The Balaban J connectivity index is 2.46. The first kappa shape index (κ1) is 8.04. The number of aromatic amines is 1. The number of H-pyrrole nitrogens is 1. The van der Waals surface area contributed by atoms with E-state index in [-0.39, 0.29) is 0 Å². The van der Waals surface area contributed by atoms with E-state index in [1.807, 2.05) is 6.92 Å². The Morgan fingerprint density at radius 3 is 2.85 bits per heavy atom. The molecule has 3 nitrogen and oxygen atoms in total. The predicted molar refractivity (Wildman–Crippen MR) is 51.9 cm³/mol. The van der Waals surface area contributed by atoms with E-state index in [9.17, 15) is 0 Å². The SMILES string of the molecule is [B]c1ccnc(-c2ncc(C)[nH]2)c1. The van der Waals surface area contributed by atoms with E-state index in [0.717, 1.165) is 17.2 Å². The minimum Gasteiger partial charge on any atom is -0.341 e. The van der Waals surface area contributed by atoms with Gasteiger partial charge in [-0.2, -0.15) is 0 Å². The average Bonchev–Trinajstić information content (AvgIpc) is 2.52. The van der Waals surface area contributed by atoms with E-state index < -0.39 is 0 Å². The van der Waals surface area contributed by atoms with Gasteiger partial charge in [-0.1, -0.05) is 11.5 Å². The van der Waals surface area contributed by atoms with Crippen molar-refractivity contribution < 1.29 is 0 Å². The zero-order valence-electron chi connectivity index (χ0n) is 7.28. The molecule has 0 aliphatic carbocycles. The molecule has 1 N–H and O–H groups in total. The van der Waals surface area contributed by atoms with Gasteiger partial charge in [-0.25, -0.2) is 4.98 Å². The normalized spacial score (nSPS) is 10.2. The summed E-state index contributed by atoms with van der Waals surface area (Å²) in [6.45, 7) is 1.95. The fraction of sp³-hybridized carbons (Fsp3) is 0.111. The van der Waals surface area contributed by atoms with Gasteiger partial charge in [0.15, 0.2) is 5.82 Å². The highest BCUT2D eigenvalue weighted by atomic mass is 14.9. The Morgan fingerprint density at radius 2 is 2.23 bits per heavy atom. The minimum atomic E-state index is 0.694. The fourth-order valence-electron chi connectivity index (χ4n) is 1.12. The standard InChI is InChI=1S/C9H8BN3/c1-6-5-12-9(13-6)8-4-7(10)2-3-11-8/h2-5H,1H3,(H,12,13). The number of hydrogen-bond donors (Lipinski definition) is 1. The molecule has 0 amide bonds. The van der Waals surface area contributed by atoms with Crippen LogP contribution in [-0.2, 0) is 0 Å². The van der Waals surface area contributed by atoms with E-state index in [0.29, 0.717) is 5.46 Å². The van der Waals surface area contributed by atoms with Crippen molar-refractivity contribution in [2.75, 3.05) is 0 Å². The average molecular weight is 169 g/mol. The third kappa shape index (κ3) is 1.61. The third-order valence-corrected chi connectivity index (χ3v) is 1.73. The molecular weight excluding hydrogens is 161 g/mol. The summed E-state index contributed by atoms with van der Waals surface area (Å²) in [4.78, 5) is 11.4. The van der Waals surface area contributed by atoms with Crippen LogP contribution in [0.15, 0.2) is 24.5 Å². The zero-order chi connectivity index (χ0) is 9.26. The highest BCUT2D eigenvalue weighted by Crippen LogP contribution is 2.09. The molecule has 2 heterocycles. The summed E-state index contributed by atoms with van der Waals surface area (Å²) in [5, 5.41) is 0. The van der Waals surface area contributed by atoms with Crippen LogP contribution in [-0.4, -0.2) is 22.8 Å². The van der Waals surface area contributed by atoms with Crippen LogP contribution < -0.4 is 5.46 Å². The van der Waals surface area contributed by atoms with Crippen LogP contribution >= 0.6 is 0 Å². The molecule has 0 unspecified atom stereocenters. The van der Waals surface area contributed by atoms with Crippen molar-refractivity contribution in [1.29, 1.82) is 0 Å². The second-order valence-corrected chi connectivity index (χ2v) is 2.89. The lowest BCUT2D eigenvalue weighted by atomic mass is 9.97. The van der Waals surface area contributed by atoms with Crippen molar-refractivity contribution in [3.8, 4) is 11.5 Å². The Labute approximate surface area is 77.7 Å². The van der Waals surface area contributed by atoms with Crippen molar-refractivity contribution in [3.63, 3.8) is 0 Å². The highest BCUT2D eigenvalue weighted by Gasteiger charge is 2.01. The summed E-state index contributed by atoms with van der Waals surface area (Å²) in [5.74, 6) is 0.754. The van der Waals surface area contributed by atoms with Crippen molar-refractivity contribution in [2.45, 2.75) is 6.92 Å². The lowest BCUT2D eigenvalue weighted by Crippen LogP contribution is -2.02. The molecule has 62 valence electrons. The summed E-state index contributed by atoms with van der Waals surface area (Å²) in [6, 6.07) is 3.54. The summed E-state index contributed by atoms with van der Waals surface area (Å²) in [6.07, 6.45) is 3.43. The Kier molecular flexibility index (Phi) is 1.89. The monoisotopic (exact) mass is 169 g/mol. The maximum Gasteiger partial charge on any atom is 0.156 e. The molecule has 0 atom stereocenters. The van der Waals surface area contributed by atoms with Gasteiger partial charge in [0.1, 0.15) is 13.5 Å². The van der Waals surface area contributed by atoms with E-state index in [1.54, 1.807) is 24.5 Å². The van der Waals surface area contributed by atoms with Gasteiger partial charge in [-0.05, 0) is 13.0 Å². The smallest absolute Gasteiger partial charge is 0.156 e. The molecule has 0 saturated heterocycles. The summed E-state index contributed by atoms with van der Waals surface area (Å²) in [7, 11) is 5.62. The first-order valence-electron chi connectivity index (χ1n) is 3.99. The van der Waals surface area contributed by atoms with Crippen LogP contribution in [0, 0.1) is 6.92 Å². The van der Waals surface area contributed by atoms with E-state index >= 15 is 0 Å². The summed E-state index contributed by atoms with van der Waals surface area (Å²) in [5.41, 5.74) is 2.48. The lowest BCUT2D eigenvalue weighted by molar-refractivity contribution is 1.21. The van der Waals surface area contributed by atoms with Crippen LogP contribution in [0.3, 0.4) is 0 Å². The van der Waals surface area contributed by atoms with Gasteiger partial charge >= 0.3 is 0 Å². The van der Waals surface area contributed by atoms with Crippen molar-refractivity contribution >= 4 is 13.3 Å². The second kappa shape index (κ2) is 3.05. The Hall–Kier alpha value is -1.58. The van der Waals surface area contributed by atoms with Crippen LogP contribution in [0.5, 0.6) is 0 Å². The quantitative estimate of drug-likeness (QED) is 0.634.